The first-order chi connectivity index (χ1) is 15.5. The number of hydrogen-bond acceptors (Lipinski definition) is 4. The minimum Gasteiger partial charge on any atom is -0.491 e. The highest BCUT2D eigenvalue weighted by molar-refractivity contribution is 8.10. The molecule has 0 atom stereocenters. The third-order valence-corrected chi connectivity index (χ3v) is 7.10. The first-order valence-electron chi connectivity index (χ1n) is 11.5. The van der Waals surface area contributed by atoms with E-state index in [0.29, 0.717) is 18.7 Å². The van der Waals surface area contributed by atoms with Crippen LogP contribution in [-0.2, 0) is 12.8 Å². The van der Waals surface area contributed by atoms with Crippen molar-refractivity contribution in [2.75, 3.05) is 6.61 Å². The fourth-order valence-corrected chi connectivity index (χ4v) is 4.93. The van der Waals surface area contributed by atoms with Gasteiger partial charge in [-0.05, 0) is 49.3 Å². The van der Waals surface area contributed by atoms with Crippen LogP contribution in [0.25, 0.3) is 4.91 Å². The highest BCUT2D eigenvalue weighted by Crippen LogP contribution is 2.32. The number of nitrogens with zero attached hydrogens (tertiary/aromatic N) is 1. The summed E-state index contributed by atoms with van der Waals surface area (Å²) in [4.78, 5) is 18.6. The van der Waals surface area contributed by atoms with Crippen LogP contribution in [0.5, 0.6) is 5.75 Å². The van der Waals surface area contributed by atoms with Gasteiger partial charge in [0, 0.05) is 29.4 Å². The Labute approximate surface area is 195 Å². The molecule has 1 saturated carbocycles. The lowest BCUT2D eigenvalue weighted by Gasteiger charge is -2.22. The predicted molar refractivity (Wildman–Crippen MR) is 133 cm³/mol. The summed E-state index contributed by atoms with van der Waals surface area (Å²) in [5.74, 6) is 0.794. The van der Waals surface area contributed by atoms with Crippen molar-refractivity contribution in [2.24, 2.45) is 0 Å². The second-order valence-electron chi connectivity index (χ2n) is 8.96. The smallest absolute Gasteiger partial charge is 0.270 e. The van der Waals surface area contributed by atoms with Crippen LogP contribution in [0.4, 0.5) is 0 Å². The zero-order chi connectivity index (χ0) is 22.5. The SMILES string of the molecule is C=C(SC=C(C)C)c1ccc(Cc2cc(C(=O)NC3CCCCC3)nc3c2OCC3)cc1. The Hall–Kier alpha value is -2.53. The van der Waals surface area contributed by atoms with Gasteiger partial charge in [0.05, 0.1) is 12.3 Å². The number of benzene rings is 1. The molecule has 0 unspecified atom stereocenters. The molecule has 4 rings (SSSR count). The van der Waals surface area contributed by atoms with Crippen LogP contribution in [0.2, 0.25) is 0 Å². The van der Waals surface area contributed by atoms with E-state index in [-0.39, 0.29) is 11.9 Å². The summed E-state index contributed by atoms with van der Waals surface area (Å²) in [6.07, 6.45) is 7.25. The molecule has 1 fully saturated rings. The Morgan fingerprint density at radius 2 is 1.97 bits per heavy atom. The number of carbonyl (C=O) groups is 1. The topological polar surface area (TPSA) is 51.2 Å². The molecule has 2 aliphatic rings. The summed E-state index contributed by atoms with van der Waals surface area (Å²) < 4.78 is 5.88. The van der Waals surface area contributed by atoms with Gasteiger partial charge in [0.25, 0.3) is 5.91 Å². The second-order valence-corrected chi connectivity index (χ2v) is 9.92. The molecule has 1 aromatic carbocycles. The molecular weight excluding hydrogens is 416 g/mol. The Kier molecular flexibility index (Phi) is 7.36. The van der Waals surface area contributed by atoms with Gasteiger partial charge in [-0.15, -0.1) is 0 Å². The third-order valence-electron chi connectivity index (χ3n) is 5.99. The van der Waals surface area contributed by atoms with Gasteiger partial charge < -0.3 is 10.1 Å². The van der Waals surface area contributed by atoms with E-state index in [0.717, 1.165) is 46.7 Å². The number of ether oxygens (including phenoxy) is 1. The molecule has 32 heavy (non-hydrogen) atoms. The van der Waals surface area contributed by atoms with Crippen LogP contribution in [0.3, 0.4) is 0 Å². The van der Waals surface area contributed by atoms with E-state index in [2.05, 4.69) is 60.4 Å². The van der Waals surface area contributed by atoms with E-state index in [1.807, 2.05) is 6.07 Å². The summed E-state index contributed by atoms with van der Waals surface area (Å²) in [7, 11) is 0. The van der Waals surface area contributed by atoms with Crippen molar-refractivity contribution in [2.45, 2.75) is 64.8 Å². The molecule has 0 spiro atoms. The van der Waals surface area contributed by atoms with Gasteiger partial charge in [-0.25, -0.2) is 4.98 Å². The molecular formula is C27H32N2O2S. The number of rotatable bonds is 7. The number of pyridine rings is 1. The standard InChI is InChI=1S/C27H32N2O2S/c1-18(2)17-32-19(3)21-11-9-20(10-12-21)15-22-16-25(29-24-13-14-31-26(22)24)27(30)28-23-7-5-4-6-8-23/h9-12,16-17,23H,3-8,13-15H2,1-2H3,(H,28,30). The molecule has 0 radical (unpaired) electrons. The summed E-state index contributed by atoms with van der Waals surface area (Å²) in [6, 6.07) is 10.7. The number of nitrogens with one attached hydrogen (secondary N) is 1. The first-order valence-corrected chi connectivity index (χ1v) is 12.4. The molecule has 1 N–H and O–H groups in total. The number of fused-ring (bicyclic) bond motifs is 1. The number of allylic oxidation sites excluding steroid dienone is 1. The fourth-order valence-electron chi connectivity index (χ4n) is 4.28. The predicted octanol–water partition coefficient (Wildman–Crippen LogP) is 6.30. The van der Waals surface area contributed by atoms with Crippen LogP contribution in [0, 0.1) is 0 Å². The minimum absolute atomic E-state index is 0.0594. The quantitative estimate of drug-likeness (QED) is 0.540. The lowest BCUT2D eigenvalue weighted by molar-refractivity contribution is 0.0922. The molecule has 1 amide bonds. The Balaban J connectivity index is 1.50. The average molecular weight is 449 g/mol. The molecule has 168 valence electrons. The maximum atomic E-state index is 12.9. The molecule has 5 heteroatoms. The van der Waals surface area contributed by atoms with Crippen LogP contribution in [0.15, 0.2) is 47.9 Å². The van der Waals surface area contributed by atoms with Crippen molar-refractivity contribution < 1.29 is 9.53 Å². The van der Waals surface area contributed by atoms with E-state index < -0.39 is 0 Å². The molecule has 4 nitrogen and oxygen atoms in total. The zero-order valence-corrected chi connectivity index (χ0v) is 19.9. The van der Waals surface area contributed by atoms with Gasteiger partial charge in [0.15, 0.2) is 0 Å². The van der Waals surface area contributed by atoms with Gasteiger partial charge in [-0.3, -0.25) is 4.79 Å². The summed E-state index contributed by atoms with van der Waals surface area (Å²) in [6.45, 7) is 8.98. The van der Waals surface area contributed by atoms with Gasteiger partial charge in [0.2, 0.25) is 0 Å². The lowest BCUT2D eigenvalue weighted by atomic mass is 9.95. The number of aromatic nitrogens is 1. The number of hydrogen-bond donors (Lipinski definition) is 1. The van der Waals surface area contributed by atoms with Crippen LogP contribution in [0.1, 0.15) is 78.8 Å². The number of amides is 1. The Bertz CT molecular complexity index is 1020. The molecule has 0 bridgehead atoms. The zero-order valence-electron chi connectivity index (χ0n) is 19.1. The van der Waals surface area contributed by atoms with E-state index in [1.165, 1.54) is 30.4 Å². The van der Waals surface area contributed by atoms with Crippen molar-refractivity contribution in [1.29, 1.82) is 0 Å². The number of carbonyl (C=O) groups excluding carboxylic acids is 1. The van der Waals surface area contributed by atoms with E-state index in [9.17, 15) is 4.79 Å². The minimum atomic E-state index is -0.0594. The van der Waals surface area contributed by atoms with Crippen LogP contribution in [-0.4, -0.2) is 23.5 Å². The largest absolute Gasteiger partial charge is 0.491 e. The van der Waals surface area contributed by atoms with Crippen molar-refractivity contribution in [3.05, 3.63) is 76.0 Å². The maximum absolute atomic E-state index is 12.9. The molecule has 1 aliphatic heterocycles. The molecule has 2 aromatic rings. The first kappa shape index (κ1) is 22.7. The maximum Gasteiger partial charge on any atom is 0.270 e. The van der Waals surface area contributed by atoms with Crippen molar-refractivity contribution in [3.63, 3.8) is 0 Å². The van der Waals surface area contributed by atoms with Gasteiger partial charge in [-0.1, -0.05) is 67.4 Å². The average Bonchev–Trinajstić information content (AvgIpc) is 3.28. The highest BCUT2D eigenvalue weighted by atomic mass is 32.2. The van der Waals surface area contributed by atoms with Gasteiger partial charge in [0.1, 0.15) is 11.4 Å². The van der Waals surface area contributed by atoms with Crippen LogP contribution >= 0.6 is 11.8 Å². The monoisotopic (exact) mass is 448 g/mol. The van der Waals surface area contributed by atoms with Gasteiger partial charge >= 0.3 is 0 Å². The van der Waals surface area contributed by atoms with E-state index >= 15 is 0 Å². The molecule has 0 saturated heterocycles. The van der Waals surface area contributed by atoms with Crippen molar-refractivity contribution in [1.82, 2.24) is 10.3 Å². The fraction of sp³-hybridized carbons (Fsp3) is 0.407. The molecule has 1 aliphatic carbocycles. The normalized spacial score (nSPS) is 15.6. The molecule has 2 heterocycles. The number of thioether (sulfide) groups is 1. The van der Waals surface area contributed by atoms with Crippen molar-refractivity contribution in [3.8, 4) is 5.75 Å². The summed E-state index contributed by atoms with van der Waals surface area (Å²) >= 11 is 1.65. The second kappa shape index (κ2) is 10.4. The summed E-state index contributed by atoms with van der Waals surface area (Å²) in [5.41, 5.74) is 6.02. The lowest BCUT2D eigenvalue weighted by Crippen LogP contribution is -2.36. The summed E-state index contributed by atoms with van der Waals surface area (Å²) in [5, 5.41) is 5.32. The van der Waals surface area contributed by atoms with Gasteiger partial charge in [-0.2, -0.15) is 0 Å². The van der Waals surface area contributed by atoms with E-state index in [1.54, 1.807) is 11.8 Å². The third kappa shape index (κ3) is 5.63. The van der Waals surface area contributed by atoms with E-state index in [4.69, 9.17) is 4.74 Å². The highest BCUT2D eigenvalue weighted by Gasteiger charge is 2.23. The Morgan fingerprint density at radius 3 is 2.69 bits per heavy atom. The Morgan fingerprint density at radius 1 is 1.22 bits per heavy atom. The van der Waals surface area contributed by atoms with Crippen LogP contribution < -0.4 is 10.1 Å². The van der Waals surface area contributed by atoms with Crippen molar-refractivity contribution >= 4 is 22.6 Å². The molecule has 1 aromatic heterocycles.